The van der Waals surface area contributed by atoms with Crippen molar-refractivity contribution in [3.63, 3.8) is 0 Å². The van der Waals surface area contributed by atoms with Crippen molar-refractivity contribution in [1.82, 2.24) is 0 Å². The predicted octanol–water partition coefficient (Wildman–Crippen LogP) is 3.42. The van der Waals surface area contributed by atoms with Gasteiger partial charge in [0.2, 0.25) is 0 Å². The Morgan fingerprint density at radius 1 is 1.05 bits per heavy atom. The monoisotopic (exact) mass is 315 g/mol. The average Bonchev–Trinajstić information content (AvgIpc) is 2.48. The number of fused-ring (bicyclic) bond motifs is 1. The van der Waals surface area contributed by atoms with Crippen LogP contribution in [-0.2, 0) is 11.8 Å². The summed E-state index contributed by atoms with van der Waals surface area (Å²) in [6, 6.07) is 12.8. The number of nitrogens with two attached hydrogens (primary N) is 1. The van der Waals surface area contributed by atoms with E-state index >= 15 is 0 Å². The smallest absolute Gasteiger partial charge is 0.115 e. The van der Waals surface area contributed by atoms with E-state index in [1.165, 1.54) is 5.56 Å². The number of benzene rings is 2. The highest BCUT2D eigenvalue weighted by molar-refractivity contribution is 8.00. The van der Waals surface area contributed by atoms with Crippen LogP contribution in [0.25, 0.3) is 0 Å². The third-order valence-electron chi connectivity index (χ3n) is 4.57. The average molecular weight is 315 g/mol. The largest absolute Gasteiger partial charge is 0.508 e. The highest BCUT2D eigenvalue weighted by atomic mass is 32.2. The topological polar surface area (TPSA) is 66.5 Å². The van der Waals surface area contributed by atoms with E-state index in [-0.39, 0.29) is 22.5 Å². The van der Waals surface area contributed by atoms with Crippen molar-refractivity contribution in [2.45, 2.75) is 41.9 Å². The van der Waals surface area contributed by atoms with Crippen molar-refractivity contribution in [3.8, 4) is 11.5 Å². The third-order valence-corrected chi connectivity index (χ3v) is 5.87. The van der Waals surface area contributed by atoms with Crippen LogP contribution >= 0.6 is 11.8 Å². The van der Waals surface area contributed by atoms with Crippen molar-refractivity contribution >= 4 is 11.8 Å². The second-order valence-electron chi connectivity index (χ2n) is 6.44. The second kappa shape index (κ2) is 5.52. The van der Waals surface area contributed by atoms with Gasteiger partial charge in [-0.15, -0.1) is 11.8 Å². The van der Waals surface area contributed by atoms with Crippen molar-refractivity contribution in [2.75, 3.05) is 0 Å². The number of thioether (sulfide) groups is 1. The van der Waals surface area contributed by atoms with Gasteiger partial charge < -0.3 is 15.9 Å². The lowest BCUT2D eigenvalue weighted by atomic mass is 9.69. The minimum Gasteiger partial charge on any atom is -0.508 e. The van der Waals surface area contributed by atoms with E-state index in [0.717, 1.165) is 16.9 Å². The molecule has 4 N–H and O–H groups in total. The molecule has 4 heteroatoms. The Labute approximate surface area is 135 Å². The molecule has 0 saturated heterocycles. The van der Waals surface area contributed by atoms with E-state index in [9.17, 15) is 10.2 Å². The van der Waals surface area contributed by atoms with Crippen molar-refractivity contribution in [1.29, 1.82) is 0 Å². The molecule has 2 aromatic rings. The molecule has 0 fully saturated rings. The molecule has 1 aliphatic carbocycles. The molecule has 3 nitrogen and oxygen atoms in total. The molecule has 1 aliphatic rings. The van der Waals surface area contributed by atoms with Crippen LogP contribution in [-0.4, -0.2) is 21.5 Å². The molecule has 0 unspecified atom stereocenters. The molecule has 2 aromatic carbocycles. The molecule has 0 heterocycles. The third kappa shape index (κ3) is 2.69. The molecule has 0 saturated carbocycles. The van der Waals surface area contributed by atoms with Gasteiger partial charge in [-0.2, -0.15) is 0 Å². The van der Waals surface area contributed by atoms with Gasteiger partial charge in [-0.05, 0) is 53.9 Å². The maximum Gasteiger partial charge on any atom is 0.115 e. The summed E-state index contributed by atoms with van der Waals surface area (Å²) in [5, 5.41) is 19.4. The zero-order valence-corrected chi connectivity index (χ0v) is 13.6. The van der Waals surface area contributed by atoms with Crippen LogP contribution in [0.2, 0.25) is 0 Å². The second-order valence-corrected chi connectivity index (χ2v) is 7.76. The van der Waals surface area contributed by atoms with E-state index in [4.69, 9.17) is 5.73 Å². The molecule has 0 radical (unpaired) electrons. The number of aromatic hydroxyl groups is 2. The van der Waals surface area contributed by atoms with E-state index in [1.807, 2.05) is 24.3 Å². The van der Waals surface area contributed by atoms with Crippen LogP contribution < -0.4 is 5.73 Å². The standard InChI is InChI=1S/C18H21NO2S/c1-18(2)15-10-13(21)4-3-11(15)9-16(17(18)19)22-14-7-5-12(20)6-8-14/h3-8,10,16-17,20-21H,9,19H2,1-2H3/t16-,17+/m0/s1. The highest BCUT2D eigenvalue weighted by Crippen LogP contribution is 2.43. The first-order valence-corrected chi connectivity index (χ1v) is 8.29. The summed E-state index contributed by atoms with van der Waals surface area (Å²) >= 11 is 1.75. The zero-order valence-electron chi connectivity index (χ0n) is 12.8. The minimum absolute atomic E-state index is 0.0133. The molecule has 0 amide bonds. The Hall–Kier alpha value is -1.65. The number of phenolic OH excluding ortho intramolecular Hbond substituents is 2. The molecule has 3 rings (SSSR count). The van der Waals surface area contributed by atoms with Gasteiger partial charge >= 0.3 is 0 Å². The van der Waals surface area contributed by atoms with Gasteiger partial charge in [0.1, 0.15) is 11.5 Å². The van der Waals surface area contributed by atoms with Gasteiger partial charge in [0.25, 0.3) is 0 Å². The lowest BCUT2D eigenvalue weighted by Gasteiger charge is -2.43. The number of rotatable bonds is 2. The fraction of sp³-hybridized carbons (Fsp3) is 0.333. The van der Waals surface area contributed by atoms with E-state index in [0.29, 0.717) is 5.75 Å². The fourth-order valence-corrected chi connectivity index (χ4v) is 4.54. The van der Waals surface area contributed by atoms with Gasteiger partial charge in [0, 0.05) is 21.6 Å². The predicted molar refractivity (Wildman–Crippen MR) is 90.6 cm³/mol. The molecule has 22 heavy (non-hydrogen) atoms. The molecule has 0 spiro atoms. The summed E-state index contributed by atoms with van der Waals surface area (Å²) in [7, 11) is 0. The van der Waals surface area contributed by atoms with E-state index in [1.54, 1.807) is 30.0 Å². The van der Waals surface area contributed by atoms with Gasteiger partial charge in [-0.1, -0.05) is 19.9 Å². The first kappa shape index (κ1) is 15.3. The van der Waals surface area contributed by atoms with Gasteiger partial charge in [0.15, 0.2) is 0 Å². The number of hydrogen-bond donors (Lipinski definition) is 3. The lowest BCUT2D eigenvalue weighted by molar-refractivity contribution is 0.369. The van der Waals surface area contributed by atoms with Crippen LogP contribution in [0.4, 0.5) is 0 Å². The fourth-order valence-electron chi connectivity index (χ4n) is 3.14. The quantitative estimate of drug-likeness (QED) is 0.794. The summed E-state index contributed by atoms with van der Waals surface area (Å²) in [5.41, 5.74) is 8.75. The number of phenols is 2. The lowest BCUT2D eigenvalue weighted by Crippen LogP contribution is -2.52. The Bertz CT molecular complexity index is 682. The summed E-state index contributed by atoms with van der Waals surface area (Å²) < 4.78 is 0. The molecular formula is C18H21NO2S. The Balaban J connectivity index is 1.91. The van der Waals surface area contributed by atoms with Crippen molar-refractivity contribution < 1.29 is 10.2 Å². The van der Waals surface area contributed by atoms with Crippen molar-refractivity contribution in [2.24, 2.45) is 5.73 Å². The summed E-state index contributed by atoms with van der Waals surface area (Å²) in [6.45, 7) is 4.28. The van der Waals surface area contributed by atoms with E-state index < -0.39 is 0 Å². The highest BCUT2D eigenvalue weighted by Gasteiger charge is 2.40. The Kier molecular flexibility index (Phi) is 3.83. The van der Waals surface area contributed by atoms with Gasteiger partial charge in [-0.25, -0.2) is 0 Å². The van der Waals surface area contributed by atoms with Crippen LogP contribution in [0, 0.1) is 0 Å². The van der Waals surface area contributed by atoms with E-state index in [2.05, 4.69) is 13.8 Å². The molecule has 116 valence electrons. The Morgan fingerprint density at radius 3 is 2.36 bits per heavy atom. The molecule has 2 atom stereocenters. The number of hydrogen-bond acceptors (Lipinski definition) is 4. The molecule has 0 bridgehead atoms. The molecular weight excluding hydrogens is 294 g/mol. The van der Waals surface area contributed by atoms with Crippen LogP contribution in [0.1, 0.15) is 25.0 Å². The van der Waals surface area contributed by atoms with Crippen LogP contribution in [0.15, 0.2) is 47.4 Å². The van der Waals surface area contributed by atoms with Crippen molar-refractivity contribution in [3.05, 3.63) is 53.6 Å². The van der Waals surface area contributed by atoms with Crippen LogP contribution in [0.5, 0.6) is 11.5 Å². The summed E-state index contributed by atoms with van der Waals surface area (Å²) in [5.74, 6) is 0.571. The SMILES string of the molecule is CC1(C)c2cc(O)ccc2C[C@H](Sc2ccc(O)cc2)[C@H]1N. The first-order valence-electron chi connectivity index (χ1n) is 7.41. The maximum absolute atomic E-state index is 9.76. The molecule has 0 aromatic heterocycles. The maximum atomic E-state index is 9.76. The summed E-state index contributed by atoms with van der Waals surface area (Å²) in [6.07, 6.45) is 0.881. The van der Waals surface area contributed by atoms with Gasteiger partial charge in [-0.3, -0.25) is 0 Å². The summed E-state index contributed by atoms with van der Waals surface area (Å²) in [4.78, 5) is 1.11. The Morgan fingerprint density at radius 2 is 1.68 bits per heavy atom. The normalized spacial score (nSPS) is 23.0. The zero-order chi connectivity index (χ0) is 15.9. The van der Waals surface area contributed by atoms with Gasteiger partial charge in [0.05, 0.1) is 0 Å². The van der Waals surface area contributed by atoms with Crippen LogP contribution in [0.3, 0.4) is 0 Å². The first-order chi connectivity index (χ1) is 10.4. The molecule has 0 aliphatic heterocycles. The minimum atomic E-state index is -0.194.